The quantitative estimate of drug-likeness (QED) is 0.674. The molecule has 82 valence electrons. The van der Waals surface area contributed by atoms with Crippen LogP contribution in [0.4, 0.5) is 0 Å². The molecule has 0 saturated carbocycles. The van der Waals surface area contributed by atoms with Gasteiger partial charge < -0.3 is 5.73 Å². The minimum absolute atomic E-state index is 0.0451. The van der Waals surface area contributed by atoms with Crippen LogP contribution in [0, 0.1) is 0 Å². The van der Waals surface area contributed by atoms with Gasteiger partial charge in [-0.2, -0.15) is 0 Å². The lowest BCUT2D eigenvalue weighted by atomic mass is 10.1. The molecule has 0 rings (SSSR count). The number of carbonyl (C=O) groups is 1. The van der Waals surface area contributed by atoms with Crippen molar-refractivity contribution >= 4 is 15.6 Å². The monoisotopic (exact) mass is 219 g/mol. The van der Waals surface area contributed by atoms with Gasteiger partial charge in [-0.05, 0) is 26.3 Å². The summed E-state index contributed by atoms with van der Waals surface area (Å²) < 4.78 is 21.6. The van der Waals surface area contributed by atoms with E-state index in [1.165, 1.54) is 6.08 Å². The van der Waals surface area contributed by atoms with E-state index in [0.29, 0.717) is 0 Å². The van der Waals surface area contributed by atoms with Crippen LogP contribution in [0.5, 0.6) is 0 Å². The van der Waals surface area contributed by atoms with E-state index in [2.05, 4.69) is 0 Å². The predicted molar refractivity (Wildman–Crippen MR) is 56.7 cm³/mol. The second kappa shape index (κ2) is 5.26. The molecule has 0 aliphatic heterocycles. The van der Waals surface area contributed by atoms with E-state index in [1.807, 2.05) is 0 Å². The number of hydrogen-bond acceptors (Lipinski definition) is 4. The second-order valence-corrected chi connectivity index (χ2v) is 5.91. The maximum Gasteiger partial charge on any atom is 0.172 e. The summed E-state index contributed by atoms with van der Waals surface area (Å²) in [6.45, 7) is 3.59. The average molecular weight is 219 g/mol. The van der Waals surface area contributed by atoms with Crippen LogP contribution >= 0.6 is 0 Å². The lowest BCUT2D eigenvalue weighted by molar-refractivity contribution is -0.115. The van der Waals surface area contributed by atoms with Crippen molar-refractivity contribution < 1.29 is 13.2 Å². The Labute approximate surface area is 85.1 Å². The molecule has 0 amide bonds. The van der Waals surface area contributed by atoms with Gasteiger partial charge in [-0.25, -0.2) is 8.42 Å². The summed E-state index contributed by atoms with van der Waals surface area (Å²) >= 11 is 0. The summed E-state index contributed by atoms with van der Waals surface area (Å²) in [5.74, 6) is -0.259. The zero-order valence-corrected chi connectivity index (χ0v) is 9.60. The first-order valence-corrected chi connectivity index (χ1v) is 6.40. The molecule has 14 heavy (non-hydrogen) atoms. The minimum atomic E-state index is -3.03. The van der Waals surface area contributed by atoms with Crippen molar-refractivity contribution in [2.45, 2.75) is 26.3 Å². The molecule has 1 unspecified atom stereocenters. The van der Waals surface area contributed by atoms with Gasteiger partial charge in [-0.15, -0.1) is 0 Å². The van der Waals surface area contributed by atoms with Crippen LogP contribution in [0.25, 0.3) is 0 Å². The number of nitrogens with two attached hydrogens (primary N) is 1. The Balaban J connectivity index is 4.17. The Morgan fingerprint density at radius 2 is 1.93 bits per heavy atom. The standard InChI is InChI=1S/C9H17NO3S/c1-7(2)6-9(11)8(10)4-5-14(3,12)13/h6,8H,4-5,10H2,1-3H3. The molecule has 2 N–H and O–H groups in total. The molecule has 0 saturated heterocycles. The zero-order valence-electron chi connectivity index (χ0n) is 8.78. The fourth-order valence-electron chi connectivity index (χ4n) is 0.875. The molecular weight excluding hydrogens is 202 g/mol. The first-order chi connectivity index (χ1) is 6.22. The van der Waals surface area contributed by atoms with Gasteiger partial charge in [-0.3, -0.25) is 4.79 Å². The van der Waals surface area contributed by atoms with Gasteiger partial charge in [0, 0.05) is 6.26 Å². The molecule has 4 nitrogen and oxygen atoms in total. The van der Waals surface area contributed by atoms with Crippen LogP contribution in [0.3, 0.4) is 0 Å². The van der Waals surface area contributed by atoms with Crippen molar-refractivity contribution in [3.63, 3.8) is 0 Å². The SMILES string of the molecule is CC(C)=CC(=O)C(N)CCS(C)(=O)=O. The Hall–Kier alpha value is -0.680. The van der Waals surface area contributed by atoms with Gasteiger partial charge >= 0.3 is 0 Å². The Bertz CT molecular complexity index is 326. The number of allylic oxidation sites excluding steroid dienone is 1. The lowest BCUT2D eigenvalue weighted by Gasteiger charge is -2.06. The highest BCUT2D eigenvalue weighted by atomic mass is 32.2. The summed E-state index contributed by atoms with van der Waals surface area (Å²) in [5.41, 5.74) is 6.38. The molecule has 5 heteroatoms. The molecule has 0 bridgehead atoms. The van der Waals surface area contributed by atoms with Crippen LogP contribution in [0.15, 0.2) is 11.6 Å². The van der Waals surface area contributed by atoms with Crippen LogP contribution in [-0.4, -0.2) is 32.3 Å². The number of rotatable bonds is 5. The Kier molecular flexibility index (Phi) is 5.01. The molecule has 0 fully saturated rings. The highest BCUT2D eigenvalue weighted by Crippen LogP contribution is 1.98. The third-order valence-electron chi connectivity index (χ3n) is 1.60. The number of hydrogen-bond donors (Lipinski definition) is 1. The van der Waals surface area contributed by atoms with Crippen molar-refractivity contribution in [3.05, 3.63) is 11.6 Å². The normalized spacial score (nSPS) is 13.4. The maximum absolute atomic E-state index is 11.3. The molecular formula is C9H17NO3S. The van der Waals surface area contributed by atoms with Crippen LogP contribution in [-0.2, 0) is 14.6 Å². The van der Waals surface area contributed by atoms with Crippen molar-refractivity contribution in [1.82, 2.24) is 0 Å². The van der Waals surface area contributed by atoms with Crippen molar-refractivity contribution in [1.29, 1.82) is 0 Å². The topological polar surface area (TPSA) is 77.2 Å². The van der Waals surface area contributed by atoms with Gasteiger partial charge in [0.2, 0.25) is 0 Å². The van der Waals surface area contributed by atoms with E-state index >= 15 is 0 Å². The van der Waals surface area contributed by atoms with Gasteiger partial charge in [0.05, 0.1) is 11.8 Å². The third kappa shape index (κ3) is 6.80. The maximum atomic E-state index is 11.3. The van der Waals surface area contributed by atoms with Crippen LogP contribution < -0.4 is 5.73 Å². The summed E-state index contributed by atoms with van der Waals surface area (Å²) in [5, 5.41) is 0. The third-order valence-corrected chi connectivity index (χ3v) is 2.57. The first-order valence-electron chi connectivity index (χ1n) is 4.34. The largest absolute Gasteiger partial charge is 0.321 e. The van der Waals surface area contributed by atoms with Gasteiger partial charge in [0.15, 0.2) is 5.78 Å². The molecule has 0 spiro atoms. The van der Waals surface area contributed by atoms with E-state index in [1.54, 1.807) is 13.8 Å². The molecule has 0 aromatic rings. The molecule has 0 aliphatic carbocycles. The van der Waals surface area contributed by atoms with Gasteiger partial charge in [-0.1, -0.05) is 5.57 Å². The van der Waals surface area contributed by atoms with E-state index in [4.69, 9.17) is 5.73 Å². The average Bonchev–Trinajstić information content (AvgIpc) is 1.97. The number of ketones is 1. The van der Waals surface area contributed by atoms with Crippen molar-refractivity contribution in [2.24, 2.45) is 5.73 Å². The minimum Gasteiger partial charge on any atom is -0.321 e. The highest BCUT2D eigenvalue weighted by molar-refractivity contribution is 7.90. The highest BCUT2D eigenvalue weighted by Gasteiger charge is 2.13. The zero-order chi connectivity index (χ0) is 11.4. The lowest BCUT2D eigenvalue weighted by Crippen LogP contribution is -2.31. The number of sulfone groups is 1. The van der Waals surface area contributed by atoms with E-state index in [9.17, 15) is 13.2 Å². The Morgan fingerprint density at radius 3 is 2.29 bits per heavy atom. The van der Waals surface area contributed by atoms with Crippen molar-refractivity contribution in [3.8, 4) is 0 Å². The summed E-state index contributed by atoms with van der Waals surface area (Å²) in [6.07, 6.45) is 2.75. The Morgan fingerprint density at radius 1 is 1.43 bits per heavy atom. The second-order valence-electron chi connectivity index (χ2n) is 3.65. The summed E-state index contributed by atoms with van der Waals surface area (Å²) in [6, 6.07) is -0.709. The molecule has 0 aliphatic rings. The van der Waals surface area contributed by atoms with E-state index < -0.39 is 15.9 Å². The molecule has 0 aromatic heterocycles. The first kappa shape index (κ1) is 13.3. The fourth-order valence-corrected chi connectivity index (χ4v) is 1.56. The number of carbonyl (C=O) groups excluding carboxylic acids is 1. The van der Waals surface area contributed by atoms with E-state index in [0.717, 1.165) is 11.8 Å². The van der Waals surface area contributed by atoms with Crippen molar-refractivity contribution in [2.75, 3.05) is 12.0 Å². The van der Waals surface area contributed by atoms with Crippen LogP contribution in [0.1, 0.15) is 20.3 Å². The molecule has 0 aromatic carbocycles. The van der Waals surface area contributed by atoms with Crippen LogP contribution in [0.2, 0.25) is 0 Å². The van der Waals surface area contributed by atoms with Gasteiger partial charge in [0.25, 0.3) is 0 Å². The van der Waals surface area contributed by atoms with E-state index in [-0.39, 0.29) is 18.0 Å². The molecule has 1 atom stereocenters. The van der Waals surface area contributed by atoms with Gasteiger partial charge in [0.1, 0.15) is 9.84 Å². The fraction of sp³-hybridized carbons (Fsp3) is 0.667. The molecule has 0 heterocycles. The summed E-state index contributed by atoms with van der Waals surface area (Å²) in [4.78, 5) is 11.3. The molecule has 0 radical (unpaired) electrons. The summed E-state index contributed by atoms with van der Waals surface area (Å²) in [7, 11) is -3.03. The smallest absolute Gasteiger partial charge is 0.172 e. The predicted octanol–water partition coefficient (Wildman–Crippen LogP) is 0.284.